The molecule has 2 heterocycles. The van der Waals surface area contributed by atoms with E-state index in [0.717, 1.165) is 0 Å². The number of fused-ring (bicyclic) bond motifs is 1. The van der Waals surface area contributed by atoms with E-state index in [1.807, 2.05) is 4.90 Å². The van der Waals surface area contributed by atoms with Crippen molar-refractivity contribution in [1.82, 2.24) is 4.98 Å². The van der Waals surface area contributed by atoms with Gasteiger partial charge in [-0.25, -0.2) is 0 Å². The third kappa shape index (κ3) is 2.41. The number of aromatic nitrogens is 1. The van der Waals surface area contributed by atoms with Crippen LogP contribution in [0.3, 0.4) is 0 Å². The molecule has 1 N–H and O–H groups in total. The molecule has 1 aliphatic rings. The van der Waals surface area contributed by atoms with Gasteiger partial charge in [0, 0.05) is 12.7 Å². The normalized spacial score (nSPS) is 18.9. The molecule has 0 amide bonds. The number of hydrogen-bond donors (Lipinski definition) is 1. The lowest BCUT2D eigenvalue weighted by molar-refractivity contribution is -0.382. The number of rotatable bonds is 3. The Balaban J connectivity index is 2.17. The first-order chi connectivity index (χ1) is 10.2. The lowest BCUT2D eigenvalue weighted by atomic mass is 10.1. The number of nitrogens with zero attached hydrogens (tertiary/aromatic N) is 3. The summed E-state index contributed by atoms with van der Waals surface area (Å²) in [5, 5.41) is 21.5. The number of aliphatic hydroxyl groups excluding tert-OH is 1. The fourth-order valence-electron chi connectivity index (χ4n) is 2.67. The van der Waals surface area contributed by atoms with Crippen molar-refractivity contribution in [3.8, 4) is 0 Å². The number of nitro groups is 1. The Bertz CT molecular complexity index is 676. The van der Waals surface area contributed by atoms with Crippen LogP contribution in [-0.4, -0.2) is 47.4 Å². The van der Waals surface area contributed by atoms with Gasteiger partial charge in [0.05, 0.1) is 41.7 Å². The third-order valence-corrected chi connectivity index (χ3v) is 3.67. The van der Waals surface area contributed by atoms with Gasteiger partial charge < -0.3 is 14.7 Å². The first-order valence-corrected chi connectivity index (χ1v) is 6.69. The number of hydrogen-bond acceptors (Lipinski definition) is 6. The monoisotopic (exact) mass is 289 g/mol. The maximum atomic E-state index is 11.5. The molecular formula is C14H15N3O4. The van der Waals surface area contributed by atoms with E-state index in [1.54, 1.807) is 30.5 Å². The van der Waals surface area contributed by atoms with Gasteiger partial charge in [0.25, 0.3) is 0 Å². The van der Waals surface area contributed by atoms with E-state index >= 15 is 0 Å². The first-order valence-electron chi connectivity index (χ1n) is 6.69. The van der Waals surface area contributed by atoms with Crippen molar-refractivity contribution in [3.63, 3.8) is 0 Å². The predicted molar refractivity (Wildman–Crippen MR) is 77.4 cm³/mol. The Labute approximate surface area is 120 Å². The van der Waals surface area contributed by atoms with E-state index < -0.39 is 0 Å². The van der Waals surface area contributed by atoms with Crippen molar-refractivity contribution in [3.05, 3.63) is 40.6 Å². The van der Waals surface area contributed by atoms with Crippen molar-refractivity contribution >= 4 is 22.3 Å². The molecule has 1 unspecified atom stereocenters. The Morgan fingerprint density at radius 2 is 2.33 bits per heavy atom. The van der Waals surface area contributed by atoms with Gasteiger partial charge >= 0.3 is 5.69 Å². The molecule has 0 saturated carbocycles. The summed E-state index contributed by atoms with van der Waals surface area (Å²) in [5.74, 6) is 0. The van der Waals surface area contributed by atoms with Gasteiger partial charge in [-0.05, 0) is 24.3 Å². The standard InChI is InChI=1S/C14H15N3O4/c18-8-10-9-21-7-6-16(10)13-4-3-12-11(2-1-5-15-12)14(13)17(19)20/h1-5,10,18H,6-9H2. The van der Waals surface area contributed by atoms with Crippen LogP contribution in [0, 0.1) is 10.1 Å². The Kier molecular flexibility index (Phi) is 3.68. The van der Waals surface area contributed by atoms with Crippen molar-refractivity contribution in [2.24, 2.45) is 0 Å². The minimum Gasteiger partial charge on any atom is -0.394 e. The second-order valence-electron chi connectivity index (χ2n) is 4.87. The summed E-state index contributed by atoms with van der Waals surface area (Å²) in [7, 11) is 0. The second kappa shape index (κ2) is 5.63. The summed E-state index contributed by atoms with van der Waals surface area (Å²) < 4.78 is 5.33. The van der Waals surface area contributed by atoms with Crippen LogP contribution in [0.25, 0.3) is 10.9 Å². The van der Waals surface area contributed by atoms with E-state index in [1.165, 1.54) is 0 Å². The van der Waals surface area contributed by atoms with E-state index in [9.17, 15) is 15.2 Å². The molecule has 1 saturated heterocycles. The molecule has 1 aromatic carbocycles. The zero-order chi connectivity index (χ0) is 14.8. The molecule has 3 rings (SSSR count). The zero-order valence-corrected chi connectivity index (χ0v) is 11.3. The molecule has 110 valence electrons. The lowest BCUT2D eigenvalue weighted by Crippen LogP contribution is -2.47. The summed E-state index contributed by atoms with van der Waals surface area (Å²) in [6.07, 6.45) is 1.61. The van der Waals surface area contributed by atoms with Crippen molar-refractivity contribution in [2.45, 2.75) is 6.04 Å². The van der Waals surface area contributed by atoms with E-state index in [-0.39, 0.29) is 23.3 Å². The van der Waals surface area contributed by atoms with Crippen LogP contribution in [0.5, 0.6) is 0 Å². The number of ether oxygens (including phenoxy) is 1. The van der Waals surface area contributed by atoms with Crippen LogP contribution in [-0.2, 0) is 4.74 Å². The SMILES string of the molecule is O=[N+]([O-])c1c(N2CCOCC2CO)ccc2ncccc12. The van der Waals surface area contributed by atoms with Gasteiger partial charge in [0.15, 0.2) is 0 Å². The van der Waals surface area contributed by atoms with E-state index in [0.29, 0.717) is 36.3 Å². The summed E-state index contributed by atoms with van der Waals surface area (Å²) >= 11 is 0. The molecule has 1 fully saturated rings. The Hall–Kier alpha value is -2.25. The molecule has 2 aromatic rings. The number of benzene rings is 1. The quantitative estimate of drug-likeness (QED) is 0.677. The fraction of sp³-hybridized carbons (Fsp3) is 0.357. The minimum atomic E-state index is -0.386. The van der Waals surface area contributed by atoms with Crippen molar-refractivity contribution in [2.75, 3.05) is 31.3 Å². The van der Waals surface area contributed by atoms with Gasteiger partial charge in [-0.2, -0.15) is 0 Å². The smallest absolute Gasteiger partial charge is 0.301 e. The van der Waals surface area contributed by atoms with Crippen LogP contribution in [0.1, 0.15) is 0 Å². The largest absolute Gasteiger partial charge is 0.394 e. The molecule has 1 aliphatic heterocycles. The van der Waals surface area contributed by atoms with E-state index in [4.69, 9.17) is 4.74 Å². The number of nitro benzene ring substituents is 1. The molecule has 0 radical (unpaired) electrons. The molecule has 1 aromatic heterocycles. The topological polar surface area (TPSA) is 88.7 Å². The van der Waals surface area contributed by atoms with Gasteiger partial charge in [-0.15, -0.1) is 0 Å². The highest BCUT2D eigenvalue weighted by Crippen LogP contribution is 2.36. The molecular weight excluding hydrogens is 274 g/mol. The summed E-state index contributed by atoms with van der Waals surface area (Å²) in [6.45, 7) is 1.25. The predicted octanol–water partition coefficient (Wildman–Crippen LogP) is 1.34. The molecule has 1 atom stereocenters. The van der Waals surface area contributed by atoms with Crippen LogP contribution in [0.4, 0.5) is 11.4 Å². The summed E-state index contributed by atoms with van der Waals surface area (Å²) in [6, 6.07) is 6.56. The van der Waals surface area contributed by atoms with Gasteiger partial charge in [0.1, 0.15) is 5.69 Å². The highest BCUT2D eigenvalue weighted by Gasteiger charge is 2.29. The maximum absolute atomic E-state index is 11.5. The van der Waals surface area contributed by atoms with Crippen LogP contribution in [0.2, 0.25) is 0 Å². The van der Waals surface area contributed by atoms with Crippen LogP contribution in [0.15, 0.2) is 30.5 Å². The van der Waals surface area contributed by atoms with E-state index in [2.05, 4.69) is 4.98 Å². The minimum absolute atomic E-state index is 0.0287. The fourth-order valence-corrected chi connectivity index (χ4v) is 2.67. The number of morpholine rings is 1. The molecule has 7 heteroatoms. The lowest BCUT2D eigenvalue weighted by Gasteiger charge is -2.36. The average molecular weight is 289 g/mol. The van der Waals surface area contributed by atoms with Crippen molar-refractivity contribution < 1.29 is 14.8 Å². The van der Waals surface area contributed by atoms with Crippen molar-refractivity contribution in [1.29, 1.82) is 0 Å². The zero-order valence-electron chi connectivity index (χ0n) is 11.3. The highest BCUT2D eigenvalue weighted by molar-refractivity contribution is 5.94. The molecule has 21 heavy (non-hydrogen) atoms. The van der Waals surface area contributed by atoms with Crippen LogP contribution < -0.4 is 4.90 Å². The number of anilines is 1. The highest BCUT2D eigenvalue weighted by atomic mass is 16.6. The maximum Gasteiger partial charge on any atom is 0.301 e. The Morgan fingerprint density at radius 3 is 3.10 bits per heavy atom. The number of aliphatic hydroxyl groups is 1. The second-order valence-corrected chi connectivity index (χ2v) is 4.87. The van der Waals surface area contributed by atoms with Gasteiger partial charge in [0.2, 0.25) is 0 Å². The van der Waals surface area contributed by atoms with Gasteiger partial charge in [-0.3, -0.25) is 15.1 Å². The molecule has 0 bridgehead atoms. The summed E-state index contributed by atoms with van der Waals surface area (Å²) in [5.41, 5.74) is 1.12. The van der Waals surface area contributed by atoms with Crippen LogP contribution >= 0.6 is 0 Å². The Morgan fingerprint density at radius 1 is 1.48 bits per heavy atom. The molecule has 0 spiro atoms. The first kappa shape index (κ1) is 13.7. The molecule has 7 nitrogen and oxygen atoms in total. The third-order valence-electron chi connectivity index (χ3n) is 3.67. The average Bonchev–Trinajstić information content (AvgIpc) is 2.53. The number of pyridine rings is 1. The molecule has 0 aliphatic carbocycles. The van der Waals surface area contributed by atoms with Gasteiger partial charge in [-0.1, -0.05) is 0 Å². The summed E-state index contributed by atoms with van der Waals surface area (Å²) in [4.78, 5) is 17.1.